The molecule has 1 heterocycles. The van der Waals surface area contributed by atoms with Gasteiger partial charge in [0, 0.05) is 17.8 Å². The van der Waals surface area contributed by atoms with Crippen LogP contribution in [-0.2, 0) is 0 Å². The molecule has 0 atom stereocenters. The third kappa shape index (κ3) is 3.12. The first kappa shape index (κ1) is 19.7. The van der Waals surface area contributed by atoms with Crippen LogP contribution < -0.4 is 0 Å². The molecule has 1 heteroatoms. The molecular formula is C32H25N. The molecule has 6 rings (SSSR count). The van der Waals surface area contributed by atoms with Crippen molar-refractivity contribution in [2.75, 3.05) is 0 Å². The van der Waals surface area contributed by atoms with E-state index in [1.165, 1.54) is 60.1 Å². The van der Waals surface area contributed by atoms with Crippen LogP contribution in [0.25, 0.3) is 54.6 Å². The number of nitrogens with zero attached hydrogens (tertiary/aromatic N) is 1. The average molecular weight is 424 g/mol. The van der Waals surface area contributed by atoms with Gasteiger partial charge in [-0.25, -0.2) is 0 Å². The molecule has 0 aliphatic heterocycles. The predicted molar refractivity (Wildman–Crippen MR) is 142 cm³/mol. The second kappa shape index (κ2) is 7.86. The normalized spacial score (nSPS) is 11.6. The minimum absolute atomic E-state index is 0.472. The Hall–Kier alpha value is -3.97. The highest BCUT2D eigenvalue weighted by atomic mass is 14.6. The topological polar surface area (TPSA) is 12.9 Å². The fourth-order valence-electron chi connectivity index (χ4n) is 5.27. The standard InChI is InChI=1S/C32H25N/c1-21(2)23-16-17-28(25-13-7-6-12-24(23)25)32-27-15-9-8-14-26(27)31(22-10-4-3-5-11-22)29-18-19-33-20-30(29)32/h3-21H,1-2H3. The molecule has 0 radical (unpaired) electrons. The van der Waals surface area contributed by atoms with Gasteiger partial charge in [-0.15, -0.1) is 0 Å². The molecular weight excluding hydrogens is 398 g/mol. The molecule has 6 aromatic rings. The Balaban J connectivity index is 1.81. The predicted octanol–water partition coefficient (Wildman–Crippen LogP) is 9.00. The molecule has 0 spiro atoms. The van der Waals surface area contributed by atoms with Gasteiger partial charge in [0.05, 0.1) is 0 Å². The van der Waals surface area contributed by atoms with E-state index in [4.69, 9.17) is 0 Å². The van der Waals surface area contributed by atoms with Gasteiger partial charge in [-0.1, -0.05) is 105 Å². The number of rotatable bonds is 3. The minimum Gasteiger partial charge on any atom is -0.264 e. The van der Waals surface area contributed by atoms with Crippen LogP contribution in [0.5, 0.6) is 0 Å². The summed E-state index contributed by atoms with van der Waals surface area (Å²) in [4.78, 5) is 4.57. The lowest BCUT2D eigenvalue weighted by molar-refractivity contribution is 0.876. The molecule has 1 nitrogen and oxygen atoms in total. The molecule has 0 bridgehead atoms. The molecule has 0 N–H and O–H groups in total. The van der Waals surface area contributed by atoms with Crippen LogP contribution in [0.2, 0.25) is 0 Å². The highest BCUT2D eigenvalue weighted by Gasteiger charge is 2.18. The van der Waals surface area contributed by atoms with E-state index in [2.05, 4.69) is 116 Å². The first-order chi connectivity index (χ1) is 16.2. The van der Waals surface area contributed by atoms with Crippen LogP contribution in [0.15, 0.2) is 109 Å². The zero-order valence-electron chi connectivity index (χ0n) is 18.9. The summed E-state index contributed by atoms with van der Waals surface area (Å²) in [5.41, 5.74) is 6.43. The Morgan fingerprint density at radius 2 is 1.12 bits per heavy atom. The van der Waals surface area contributed by atoms with Gasteiger partial charge in [0.25, 0.3) is 0 Å². The number of benzene rings is 5. The number of hydrogen-bond donors (Lipinski definition) is 0. The zero-order chi connectivity index (χ0) is 22.4. The fraction of sp³-hybridized carbons (Fsp3) is 0.0938. The lowest BCUT2D eigenvalue weighted by Gasteiger charge is -2.19. The van der Waals surface area contributed by atoms with Crippen LogP contribution >= 0.6 is 0 Å². The Kier molecular flexibility index (Phi) is 4.69. The summed E-state index contributed by atoms with van der Waals surface area (Å²) in [5.74, 6) is 0.472. The summed E-state index contributed by atoms with van der Waals surface area (Å²) in [5, 5.41) is 7.60. The van der Waals surface area contributed by atoms with Crippen LogP contribution in [-0.4, -0.2) is 4.98 Å². The molecule has 0 aliphatic rings. The average Bonchev–Trinajstić information content (AvgIpc) is 2.87. The van der Waals surface area contributed by atoms with E-state index in [1.807, 2.05) is 12.4 Å². The maximum atomic E-state index is 4.57. The Morgan fingerprint density at radius 3 is 1.85 bits per heavy atom. The molecule has 0 unspecified atom stereocenters. The Morgan fingerprint density at radius 1 is 0.515 bits per heavy atom. The summed E-state index contributed by atoms with van der Waals surface area (Å²) in [6, 6.07) is 35.1. The van der Waals surface area contributed by atoms with E-state index >= 15 is 0 Å². The molecule has 0 fully saturated rings. The van der Waals surface area contributed by atoms with Gasteiger partial charge >= 0.3 is 0 Å². The van der Waals surface area contributed by atoms with Crippen LogP contribution in [0.3, 0.4) is 0 Å². The molecule has 0 saturated heterocycles. The van der Waals surface area contributed by atoms with Crippen molar-refractivity contribution in [3.05, 3.63) is 115 Å². The van der Waals surface area contributed by atoms with Crippen molar-refractivity contribution in [3.63, 3.8) is 0 Å². The highest BCUT2D eigenvalue weighted by molar-refractivity contribution is 6.23. The van der Waals surface area contributed by atoms with Crippen LogP contribution in [0, 0.1) is 0 Å². The van der Waals surface area contributed by atoms with E-state index in [1.54, 1.807) is 0 Å². The smallest absolute Gasteiger partial charge is 0.0353 e. The van der Waals surface area contributed by atoms with E-state index in [0.29, 0.717) is 5.92 Å². The van der Waals surface area contributed by atoms with Gasteiger partial charge in [0.1, 0.15) is 0 Å². The lowest BCUT2D eigenvalue weighted by atomic mass is 9.84. The van der Waals surface area contributed by atoms with Crippen LogP contribution in [0.1, 0.15) is 25.3 Å². The molecule has 0 amide bonds. The number of pyridine rings is 1. The van der Waals surface area contributed by atoms with E-state index in [-0.39, 0.29) is 0 Å². The van der Waals surface area contributed by atoms with Crippen molar-refractivity contribution in [1.29, 1.82) is 0 Å². The monoisotopic (exact) mass is 423 g/mol. The SMILES string of the molecule is CC(C)c1ccc(-c2c3ccccc3c(-c3ccccc3)c3ccncc23)c2ccccc12. The van der Waals surface area contributed by atoms with Crippen molar-refractivity contribution >= 4 is 32.3 Å². The second-order valence-corrected chi connectivity index (χ2v) is 8.99. The maximum absolute atomic E-state index is 4.57. The molecule has 1 aromatic heterocycles. The van der Waals surface area contributed by atoms with Crippen molar-refractivity contribution in [2.45, 2.75) is 19.8 Å². The first-order valence-electron chi connectivity index (χ1n) is 11.6. The largest absolute Gasteiger partial charge is 0.264 e. The minimum atomic E-state index is 0.472. The third-order valence-corrected chi connectivity index (χ3v) is 6.74. The Labute approximate surface area is 194 Å². The maximum Gasteiger partial charge on any atom is 0.0353 e. The summed E-state index contributed by atoms with van der Waals surface area (Å²) in [6.45, 7) is 4.54. The molecule has 33 heavy (non-hydrogen) atoms. The van der Waals surface area contributed by atoms with Crippen LogP contribution in [0.4, 0.5) is 0 Å². The molecule has 0 saturated carbocycles. The molecule has 0 aliphatic carbocycles. The summed E-state index contributed by atoms with van der Waals surface area (Å²) >= 11 is 0. The van der Waals surface area contributed by atoms with E-state index in [9.17, 15) is 0 Å². The number of fused-ring (bicyclic) bond motifs is 3. The highest BCUT2D eigenvalue weighted by Crippen LogP contribution is 2.45. The second-order valence-electron chi connectivity index (χ2n) is 8.99. The summed E-state index contributed by atoms with van der Waals surface area (Å²) in [6.07, 6.45) is 3.95. The van der Waals surface area contributed by atoms with Crippen molar-refractivity contribution < 1.29 is 0 Å². The zero-order valence-corrected chi connectivity index (χ0v) is 18.9. The summed E-state index contributed by atoms with van der Waals surface area (Å²) < 4.78 is 0. The van der Waals surface area contributed by atoms with Crippen molar-refractivity contribution in [3.8, 4) is 22.3 Å². The number of hydrogen-bond acceptors (Lipinski definition) is 1. The van der Waals surface area contributed by atoms with E-state index in [0.717, 1.165) is 0 Å². The van der Waals surface area contributed by atoms with Gasteiger partial charge in [0.15, 0.2) is 0 Å². The number of aromatic nitrogens is 1. The fourth-order valence-corrected chi connectivity index (χ4v) is 5.27. The van der Waals surface area contributed by atoms with Gasteiger partial charge in [0.2, 0.25) is 0 Å². The molecule has 5 aromatic carbocycles. The Bertz CT molecular complexity index is 1570. The summed E-state index contributed by atoms with van der Waals surface area (Å²) in [7, 11) is 0. The van der Waals surface area contributed by atoms with Crippen molar-refractivity contribution in [2.24, 2.45) is 0 Å². The quantitative estimate of drug-likeness (QED) is 0.259. The molecule has 158 valence electrons. The third-order valence-electron chi connectivity index (χ3n) is 6.74. The van der Waals surface area contributed by atoms with Gasteiger partial charge in [-0.05, 0) is 66.7 Å². The van der Waals surface area contributed by atoms with Crippen molar-refractivity contribution in [1.82, 2.24) is 4.98 Å². The van der Waals surface area contributed by atoms with Gasteiger partial charge in [-0.3, -0.25) is 4.98 Å². The van der Waals surface area contributed by atoms with Gasteiger partial charge < -0.3 is 0 Å². The first-order valence-corrected chi connectivity index (χ1v) is 11.6. The lowest BCUT2D eigenvalue weighted by Crippen LogP contribution is -1.94. The van der Waals surface area contributed by atoms with Gasteiger partial charge in [-0.2, -0.15) is 0 Å². The van der Waals surface area contributed by atoms with E-state index < -0.39 is 0 Å².